The van der Waals surface area contributed by atoms with E-state index < -0.39 is 10.0 Å². The van der Waals surface area contributed by atoms with Crippen LogP contribution < -0.4 is 0 Å². The Morgan fingerprint density at radius 2 is 0.833 bits per heavy atom. The fourth-order valence-corrected chi connectivity index (χ4v) is 5.78. The molecule has 0 aliphatic heterocycles. The van der Waals surface area contributed by atoms with Crippen LogP contribution in [0.15, 0.2) is 95.9 Å². The summed E-state index contributed by atoms with van der Waals surface area (Å²) in [6.45, 7) is 0. The first-order chi connectivity index (χ1) is 14.5. The Morgan fingerprint density at radius 3 is 1.43 bits per heavy atom. The van der Waals surface area contributed by atoms with Crippen LogP contribution in [0.2, 0.25) is 0 Å². The highest BCUT2D eigenvalue weighted by atomic mass is 32.3. The summed E-state index contributed by atoms with van der Waals surface area (Å²) < 4.78 is 0. The molecular weight excluding hydrogens is 380 g/mol. The Kier molecular flexibility index (Phi) is 3.70. The standard InChI is InChI=1S/C29H24S/c1-30(2,3)21-10-13-23-20(18-21)9-12-27-25(23)15-17-28-26-11-8-19-6-4-5-7-22(19)24(26)14-16-29(27)28/h4-18H,1-3H3. The zero-order valence-electron chi connectivity index (χ0n) is 17.6. The second kappa shape index (κ2) is 6.23. The number of benzene rings is 6. The maximum absolute atomic E-state index is 2.39. The molecule has 6 aromatic carbocycles. The highest BCUT2D eigenvalue weighted by Gasteiger charge is 2.12. The van der Waals surface area contributed by atoms with Gasteiger partial charge >= 0.3 is 0 Å². The van der Waals surface area contributed by atoms with E-state index in [4.69, 9.17) is 0 Å². The maximum Gasteiger partial charge on any atom is -0.00987 e. The molecule has 6 rings (SSSR count). The maximum atomic E-state index is 2.39. The van der Waals surface area contributed by atoms with Gasteiger partial charge in [0, 0.05) is 0 Å². The molecular formula is C29H24S. The van der Waals surface area contributed by atoms with Crippen molar-refractivity contribution >= 4 is 63.9 Å². The van der Waals surface area contributed by atoms with Gasteiger partial charge in [-0.05, 0) is 89.7 Å². The molecule has 0 atom stereocenters. The lowest BCUT2D eigenvalue weighted by Gasteiger charge is -2.26. The van der Waals surface area contributed by atoms with Crippen molar-refractivity contribution in [1.29, 1.82) is 0 Å². The summed E-state index contributed by atoms with van der Waals surface area (Å²) >= 11 is 0. The third-order valence-corrected chi connectivity index (χ3v) is 8.08. The second-order valence-electron chi connectivity index (χ2n) is 8.99. The first-order valence-electron chi connectivity index (χ1n) is 10.4. The third kappa shape index (κ3) is 2.55. The normalized spacial score (nSPS) is 13.0. The van der Waals surface area contributed by atoms with Crippen molar-refractivity contribution in [3.05, 3.63) is 91.0 Å². The fourth-order valence-electron chi connectivity index (χ4n) is 4.82. The minimum atomic E-state index is -0.725. The molecule has 0 unspecified atom stereocenters. The molecule has 0 fully saturated rings. The third-order valence-electron chi connectivity index (χ3n) is 6.41. The predicted octanol–water partition coefficient (Wildman–Crippen LogP) is 8.51. The summed E-state index contributed by atoms with van der Waals surface area (Å²) in [6.07, 6.45) is 7.08. The van der Waals surface area contributed by atoms with E-state index >= 15 is 0 Å². The van der Waals surface area contributed by atoms with Crippen LogP contribution >= 0.6 is 10.0 Å². The van der Waals surface area contributed by atoms with E-state index in [1.807, 2.05) is 0 Å². The first-order valence-corrected chi connectivity index (χ1v) is 13.2. The van der Waals surface area contributed by atoms with E-state index in [9.17, 15) is 0 Å². The molecule has 0 N–H and O–H groups in total. The Hall–Kier alpha value is -3.03. The number of fused-ring (bicyclic) bond motifs is 9. The molecule has 0 nitrogen and oxygen atoms in total. The van der Waals surface area contributed by atoms with Crippen molar-refractivity contribution in [1.82, 2.24) is 0 Å². The average molecular weight is 405 g/mol. The van der Waals surface area contributed by atoms with Gasteiger partial charge in [-0.1, -0.05) is 78.9 Å². The summed E-state index contributed by atoms with van der Waals surface area (Å²) in [4.78, 5) is 1.47. The van der Waals surface area contributed by atoms with Crippen molar-refractivity contribution in [2.75, 3.05) is 18.8 Å². The van der Waals surface area contributed by atoms with Crippen molar-refractivity contribution in [2.45, 2.75) is 4.90 Å². The molecule has 0 bridgehead atoms. The molecule has 0 heterocycles. The molecule has 1 heteroatoms. The van der Waals surface area contributed by atoms with E-state index in [1.54, 1.807) is 0 Å². The molecule has 0 aliphatic carbocycles. The minimum Gasteiger partial charge on any atom is -0.223 e. The number of hydrogen-bond donors (Lipinski definition) is 0. The summed E-state index contributed by atoms with van der Waals surface area (Å²) in [5.41, 5.74) is 0. The molecule has 0 radical (unpaired) electrons. The monoisotopic (exact) mass is 404 g/mol. The van der Waals surface area contributed by atoms with Gasteiger partial charge in [-0.3, -0.25) is 0 Å². The van der Waals surface area contributed by atoms with Crippen LogP contribution in [-0.4, -0.2) is 18.8 Å². The molecule has 0 amide bonds. The van der Waals surface area contributed by atoms with Crippen LogP contribution in [0.25, 0.3) is 53.9 Å². The topological polar surface area (TPSA) is 0 Å². The summed E-state index contributed by atoms with van der Waals surface area (Å²) in [7, 11) is -0.725. The van der Waals surface area contributed by atoms with Crippen LogP contribution in [0.5, 0.6) is 0 Å². The molecule has 0 saturated heterocycles. The van der Waals surface area contributed by atoms with Crippen molar-refractivity contribution in [3.63, 3.8) is 0 Å². The minimum absolute atomic E-state index is 0.725. The van der Waals surface area contributed by atoms with Gasteiger partial charge in [0.1, 0.15) is 0 Å². The number of hydrogen-bond acceptors (Lipinski definition) is 0. The Balaban J connectivity index is 1.69. The molecule has 0 aromatic heterocycles. The Morgan fingerprint density at radius 1 is 0.400 bits per heavy atom. The van der Waals surface area contributed by atoms with Gasteiger partial charge in [-0.25, -0.2) is 10.0 Å². The van der Waals surface area contributed by atoms with Crippen LogP contribution in [0.1, 0.15) is 0 Å². The lowest BCUT2D eigenvalue weighted by atomic mass is 9.92. The van der Waals surface area contributed by atoms with Crippen LogP contribution in [-0.2, 0) is 0 Å². The van der Waals surface area contributed by atoms with Gasteiger partial charge in [-0.2, -0.15) is 0 Å². The van der Waals surface area contributed by atoms with Gasteiger partial charge in [0.25, 0.3) is 0 Å². The highest BCUT2D eigenvalue weighted by molar-refractivity contribution is 8.32. The molecule has 0 aliphatic rings. The van der Waals surface area contributed by atoms with Gasteiger partial charge in [0.05, 0.1) is 0 Å². The molecule has 0 saturated carbocycles. The zero-order valence-corrected chi connectivity index (χ0v) is 18.4. The molecule has 0 spiro atoms. The lowest BCUT2D eigenvalue weighted by Crippen LogP contribution is -1.92. The lowest BCUT2D eigenvalue weighted by molar-refractivity contribution is 1.48. The van der Waals surface area contributed by atoms with Crippen molar-refractivity contribution in [2.24, 2.45) is 0 Å². The largest absolute Gasteiger partial charge is 0.223 e. The Labute approximate surface area is 178 Å². The second-order valence-corrected chi connectivity index (χ2v) is 13.1. The van der Waals surface area contributed by atoms with E-state index in [0.717, 1.165) is 0 Å². The van der Waals surface area contributed by atoms with Crippen LogP contribution in [0.3, 0.4) is 0 Å². The smallest absolute Gasteiger partial charge is 0.00987 e. The summed E-state index contributed by atoms with van der Waals surface area (Å²) in [6, 6.07) is 34.1. The van der Waals surface area contributed by atoms with E-state index in [1.165, 1.54) is 58.8 Å². The highest BCUT2D eigenvalue weighted by Crippen LogP contribution is 2.46. The first kappa shape index (κ1) is 17.8. The SMILES string of the molecule is CS(C)(C)c1ccc2c(ccc3c2ccc2c4ccc5ccccc5c4ccc32)c1. The fraction of sp³-hybridized carbons (Fsp3) is 0.103. The van der Waals surface area contributed by atoms with Gasteiger partial charge in [0.15, 0.2) is 0 Å². The molecule has 146 valence electrons. The average Bonchev–Trinajstić information content (AvgIpc) is 2.77. The molecule has 6 aromatic rings. The quantitative estimate of drug-likeness (QED) is 0.241. The summed E-state index contributed by atoms with van der Waals surface area (Å²) in [5.74, 6) is 0. The summed E-state index contributed by atoms with van der Waals surface area (Å²) in [5, 5.41) is 13.3. The predicted molar refractivity (Wildman–Crippen MR) is 138 cm³/mol. The molecule has 30 heavy (non-hydrogen) atoms. The van der Waals surface area contributed by atoms with E-state index in [2.05, 4.69) is 110 Å². The zero-order chi connectivity index (χ0) is 20.5. The van der Waals surface area contributed by atoms with Crippen LogP contribution in [0, 0.1) is 0 Å². The van der Waals surface area contributed by atoms with E-state index in [0.29, 0.717) is 0 Å². The van der Waals surface area contributed by atoms with Crippen molar-refractivity contribution in [3.8, 4) is 0 Å². The van der Waals surface area contributed by atoms with Gasteiger partial charge in [0.2, 0.25) is 0 Å². The Bertz CT molecular complexity index is 1620. The van der Waals surface area contributed by atoms with Crippen molar-refractivity contribution < 1.29 is 0 Å². The van der Waals surface area contributed by atoms with E-state index in [-0.39, 0.29) is 0 Å². The van der Waals surface area contributed by atoms with Crippen LogP contribution in [0.4, 0.5) is 0 Å². The van der Waals surface area contributed by atoms with Gasteiger partial charge < -0.3 is 0 Å². The van der Waals surface area contributed by atoms with Gasteiger partial charge in [-0.15, -0.1) is 0 Å². The number of rotatable bonds is 1.